The molecular formula is C9H7NO5. The predicted octanol–water partition coefficient (Wildman–Crippen LogP) is 0.584. The Morgan fingerprint density at radius 3 is 3.07 bits per heavy atom. The van der Waals surface area contributed by atoms with Gasteiger partial charge >= 0.3 is 11.7 Å². The predicted molar refractivity (Wildman–Crippen MR) is 50.0 cm³/mol. The number of ether oxygens (including phenoxy) is 1. The highest BCUT2D eigenvalue weighted by Crippen LogP contribution is 2.21. The van der Waals surface area contributed by atoms with Gasteiger partial charge in [-0.05, 0) is 12.1 Å². The van der Waals surface area contributed by atoms with Crippen molar-refractivity contribution < 1.29 is 19.1 Å². The fourth-order valence-corrected chi connectivity index (χ4v) is 1.21. The maximum atomic E-state index is 10.9. The maximum absolute atomic E-state index is 10.9. The van der Waals surface area contributed by atoms with Crippen LogP contribution in [0.25, 0.3) is 11.1 Å². The first-order valence-electron chi connectivity index (χ1n) is 4.13. The highest BCUT2D eigenvalue weighted by atomic mass is 16.5. The number of hydrogen-bond donors (Lipinski definition) is 2. The molecule has 0 bridgehead atoms. The molecule has 1 heterocycles. The third kappa shape index (κ3) is 1.83. The summed E-state index contributed by atoms with van der Waals surface area (Å²) in [5.41, 5.74) is 0.701. The Hall–Kier alpha value is -2.24. The third-order valence-electron chi connectivity index (χ3n) is 1.77. The molecule has 2 aromatic rings. The smallest absolute Gasteiger partial charge is 0.417 e. The number of aliphatic carboxylic acids is 1. The molecule has 0 spiro atoms. The molecule has 6 nitrogen and oxygen atoms in total. The van der Waals surface area contributed by atoms with Gasteiger partial charge in [0.15, 0.2) is 12.2 Å². The molecule has 2 N–H and O–H groups in total. The van der Waals surface area contributed by atoms with E-state index in [1.807, 2.05) is 0 Å². The van der Waals surface area contributed by atoms with Crippen molar-refractivity contribution in [2.75, 3.05) is 6.61 Å². The fourth-order valence-electron chi connectivity index (χ4n) is 1.21. The van der Waals surface area contributed by atoms with E-state index in [2.05, 4.69) is 4.98 Å². The minimum absolute atomic E-state index is 0.278. The lowest BCUT2D eigenvalue weighted by molar-refractivity contribution is -0.139. The van der Waals surface area contributed by atoms with E-state index in [0.717, 1.165) is 0 Å². The Kier molecular flexibility index (Phi) is 2.17. The molecule has 0 radical (unpaired) electrons. The lowest BCUT2D eigenvalue weighted by Crippen LogP contribution is -2.09. The van der Waals surface area contributed by atoms with Gasteiger partial charge in [0.25, 0.3) is 0 Å². The number of rotatable bonds is 3. The van der Waals surface area contributed by atoms with Gasteiger partial charge in [-0.2, -0.15) is 0 Å². The number of aromatic nitrogens is 1. The van der Waals surface area contributed by atoms with Crippen molar-refractivity contribution in [1.29, 1.82) is 0 Å². The van der Waals surface area contributed by atoms with Gasteiger partial charge in [0, 0.05) is 0 Å². The minimum atomic E-state index is -1.09. The second kappa shape index (κ2) is 3.49. The lowest BCUT2D eigenvalue weighted by atomic mass is 10.3. The summed E-state index contributed by atoms with van der Waals surface area (Å²) in [6.07, 6.45) is 0. The molecule has 0 atom stereocenters. The van der Waals surface area contributed by atoms with Gasteiger partial charge in [-0.1, -0.05) is 6.07 Å². The largest absolute Gasteiger partial charge is 0.480 e. The van der Waals surface area contributed by atoms with Gasteiger partial charge in [0.2, 0.25) is 0 Å². The zero-order valence-corrected chi connectivity index (χ0v) is 7.52. The number of oxazole rings is 1. The van der Waals surface area contributed by atoms with E-state index in [1.54, 1.807) is 18.2 Å². The van der Waals surface area contributed by atoms with E-state index >= 15 is 0 Å². The Bertz CT molecular complexity index is 553. The van der Waals surface area contributed by atoms with Gasteiger partial charge in [0.05, 0.1) is 0 Å². The number of H-pyrrole nitrogens is 1. The summed E-state index contributed by atoms with van der Waals surface area (Å²) in [4.78, 5) is 23.6. The number of fused-ring (bicyclic) bond motifs is 1. The summed E-state index contributed by atoms with van der Waals surface area (Å²) in [5.74, 6) is -1.41. The Labute approximate surface area is 83.1 Å². The number of carboxylic acid groups (broad SMARTS) is 1. The number of para-hydroxylation sites is 1. The van der Waals surface area contributed by atoms with E-state index in [0.29, 0.717) is 11.1 Å². The van der Waals surface area contributed by atoms with Crippen molar-refractivity contribution in [3.63, 3.8) is 0 Å². The van der Waals surface area contributed by atoms with Gasteiger partial charge in [-0.3, -0.25) is 4.98 Å². The van der Waals surface area contributed by atoms with Gasteiger partial charge < -0.3 is 14.3 Å². The van der Waals surface area contributed by atoms with Crippen LogP contribution in [0.2, 0.25) is 0 Å². The average molecular weight is 209 g/mol. The molecule has 0 amide bonds. The lowest BCUT2D eigenvalue weighted by Gasteiger charge is -2.02. The second-order valence-corrected chi connectivity index (χ2v) is 2.83. The minimum Gasteiger partial charge on any atom is -0.480 e. The van der Waals surface area contributed by atoms with Crippen LogP contribution in [0.3, 0.4) is 0 Å². The fraction of sp³-hybridized carbons (Fsp3) is 0.111. The average Bonchev–Trinajstić information content (AvgIpc) is 2.55. The van der Waals surface area contributed by atoms with Crippen LogP contribution >= 0.6 is 0 Å². The molecule has 0 aliphatic rings. The normalized spacial score (nSPS) is 10.4. The van der Waals surface area contributed by atoms with Gasteiger partial charge in [0.1, 0.15) is 11.3 Å². The van der Waals surface area contributed by atoms with Crippen LogP contribution in [0.15, 0.2) is 27.4 Å². The number of benzene rings is 1. The monoisotopic (exact) mass is 209 g/mol. The van der Waals surface area contributed by atoms with Crippen LogP contribution < -0.4 is 10.5 Å². The summed E-state index contributed by atoms with van der Waals surface area (Å²) >= 11 is 0. The first kappa shape index (κ1) is 9.32. The van der Waals surface area contributed by atoms with Crippen LogP contribution in [0.5, 0.6) is 5.75 Å². The topological polar surface area (TPSA) is 92.5 Å². The van der Waals surface area contributed by atoms with Crippen LogP contribution in [-0.4, -0.2) is 22.7 Å². The van der Waals surface area contributed by atoms with Crippen LogP contribution in [0.4, 0.5) is 0 Å². The number of aromatic amines is 1. The van der Waals surface area contributed by atoms with E-state index in [9.17, 15) is 9.59 Å². The van der Waals surface area contributed by atoms with Crippen molar-refractivity contribution in [2.24, 2.45) is 0 Å². The first-order valence-corrected chi connectivity index (χ1v) is 4.13. The van der Waals surface area contributed by atoms with Crippen LogP contribution in [-0.2, 0) is 4.79 Å². The zero-order valence-electron chi connectivity index (χ0n) is 7.52. The number of hydrogen-bond acceptors (Lipinski definition) is 4. The van der Waals surface area contributed by atoms with Gasteiger partial charge in [-0.25, -0.2) is 9.59 Å². The quantitative estimate of drug-likeness (QED) is 0.771. The Balaban J connectivity index is 2.41. The molecule has 1 aromatic carbocycles. The molecule has 0 fully saturated rings. The van der Waals surface area contributed by atoms with E-state index < -0.39 is 18.3 Å². The highest BCUT2D eigenvalue weighted by Gasteiger charge is 2.08. The van der Waals surface area contributed by atoms with E-state index in [4.69, 9.17) is 14.3 Å². The van der Waals surface area contributed by atoms with Crippen molar-refractivity contribution in [3.8, 4) is 5.75 Å². The van der Waals surface area contributed by atoms with E-state index in [1.165, 1.54) is 0 Å². The molecule has 6 heteroatoms. The summed E-state index contributed by atoms with van der Waals surface area (Å²) in [6.45, 7) is -0.466. The number of carboxylic acids is 1. The van der Waals surface area contributed by atoms with Crippen molar-refractivity contribution >= 4 is 17.1 Å². The summed E-state index contributed by atoms with van der Waals surface area (Å²) in [5, 5.41) is 8.43. The van der Waals surface area contributed by atoms with Crippen LogP contribution in [0, 0.1) is 0 Å². The molecule has 15 heavy (non-hydrogen) atoms. The van der Waals surface area contributed by atoms with Crippen molar-refractivity contribution in [2.45, 2.75) is 0 Å². The molecule has 0 unspecified atom stereocenters. The SMILES string of the molecule is O=C(O)COc1cccc2oc(=O)[nH]c12. The molecule has 0 aliphatic carbocycles. The van der Waals surface area contributed by atoms with Crippen molar-refractivity contribution in [3.05, 3.63) is 28.7 Å². The maximum Gasteiger partial charge on any atom is 0.417 e. The first-order chi connectivity index (χ1) is 7.16. The van der Waals surface area contributed by atoms with Crippen molar-refractivity contribution in [1.82, 2.24) is 4.98 Å². The van der Waals surface area contributed by atoms with Gasteiger partial charge in [-0.15, -0.1) is 0 Å². The molecular weight excluding hydrogens is 202 g/mol. The second-order valence-electron chi connectivity index (χ2n) is 2.83. The Morgan fingerprint density at radius 1 is 1.53 bits per heavy atom. The molecule has 2 rings (SSSR count). The molecule has 1 aromatic heterocycles. The number of carbonyl (C=O) groups is 1. The zero-order chi connectivity index (χ0) is 10.8. The summed E-state index contributed by atoms with van der Waals surface area (Å²) in [7, 11) is 0. The van der Waals surface area contributed by atoms with E-state index in [-0.39, 0.29) is 5.75 Å². The number of nitrogens with one attached hydrogen (secondary N) is 1. The van der Waals surface area contributed by atoms with Crippen LogP contribution in [0.1, 0.15) is 0 Å². The molecule has 78 valence electrons. The molecule has 0 aliphatic heterocycles. The molecule has 0 saturated heterocycles. The molecule has 0 saturated carbocycles. The summed E-state index contributed by atoms with van der Waals surface area (Å²) in [6, 6.07) is 4.74. The summed E-state index contributed by atoms with van der Waals surface area (Å²) < 4.78 is 9.74. The highest BCUT2D eigenvalue weighted by molar-refractivity contribution is 5.79. The Morgan fingerprint density at radius 2 is 2.33 bits per heavy atom. The standard InChI is InChI=1S/C9H7NO5/c11-7(12)4-14-5-2-1-3-6-8(5)10-9(13)15-6/h1-3H,4H2,(H,10,13)(H,11,12). The third-order valence-corrected chi connectivity index (χ3v) is 1.77.